The molecule has 0 aliphatic heterocycles. The van der Waals surface area contributed by atoms with Gasteiger partial charge in [0.2, 0.25) is 5.95 Å². The van der Waals surface area contributed by atoms with Gasteiger partial charge in [-0.05, 0) is 5.56 Å². The normalized spacial score (nSPS) is 10.8. The number of aryl methyl sites for hydroxylation is 1. The summed E-state index contributed by atoms with van der Waals surface area (Å²) in [7, 11) is 4.41. The highest BCUT2D eigenvalue weighted by Crippen LogP contribution is 2.32. The van der Waals surface area contributed by atoms with Crippen molar-refractivity contribution in [2.75, 3.05) is 26.1 Å². The van der Waals surface area contributed by atoms with E-state index in [4.69, 9.17) is 18.9 Å². The molecule has 0 amide bonds. The van der Waals surface area contributed by atoms with Crippen molar-refractivity contribution in [3.05, 3.63) is 83.3 Å². The van der Waals surface area contributed by atoms with E-state index < -0.39 is 18.2 Å². The molecule has 2 heterocycles. The third-order valence-corrected chi connectivity index (χ3v) is 5.51. The number of hydrogen-bond acceptors (Lipinski definition) is 8. The quantitative estimate of drug-likeness (QED) is 0.276. The number of nitrogens with zero attached hydrogens (tertiary/aromatic N) is 4. The minimum absolute atomic E-state index is 0.148. The summed E-state index contributed by atoms with van der Waals surface area (Å²) in [5, 5.41) is 7.45. The first-order valence-electron chi connectivity index (χ1n) is 11.4. The second kappa shape index (κ2) is 12.1. The molecule has 0 saturated carbocycles. The highest BCUT2D eigenvalue weighted by Gasteiger charge is 2.20. The van der Waals surface area contributed by atoms with Crippen molar-refractivity contribution in [1.29, 1.82) is 0 Å². The highest BCUT2D eigenvalue weighted by atomic mass is 19.1. The van der Waals surface area contributed by atoms with Gasteiger partial charge in [0.15, 0.2) is 34.7 Å². The summed E-state index contributed by atoms with van der Waals surface area (Å²) < 4.78 is 51.9. The first kappa shape index (κ1) is 25.8. The molecule has 2 aromatic carbocycles. The van der Waals surface area contributed by atoms with E-state index in [1.807, 2.05) is 43.4 Å². The van der Waals surface area contributed by atoms with Crippen LogP contribution in [0, 0.1) is 11.6 Å². The molecule has 9 nitrogen and oxygen atoms in total. The van der Waals surface area contributed by atoms with Crippen LogP contribution < -0.4 is 19.5 Å². The zero-order valence-electron chi connectivity index (χ0n) is 20.7. The number of aromatic nitrogens is 4. The molecule has 0 saturated heterocycles. The monoisotopic (exact) mass is 511 g/mol. The van der Waals surface area contributed by atoms with Crippen LogP contribution in [0.2, 0.25) is 0 Å². The van der Waals surface area contributed by atoms with E-state index in [9.17, 15) is 8.78 Å². The molecule has 0 aliphatic rings. The number of halogens is 2. The molecular formula is C26H27F2N5O4. The highest BCUT2D eigenvalue weighted by molar-refractivity contribution is 5.48. The molecule has 2 aromatic heterocycles. The van der Waals surface area contributed by atoms with Gasteiger partial charge in [0.05, 0.1) is 45.4 Å². The van der Waals surface area contributed by atoms with Gasteiger partial charge in [0.25, 0.3) is 0 Å². The van der Waals surface area contributed by atoms with Crippen LogP contribution in [0.3, 0.4) is 0 Å². The van der Waals surface area contributed by atoms with Crippen molar-refractivity contribution < 1.29 is 27.7 Å². The summed E-state index contributed by atoms with van der Waals surface area (Å²) in [6, 6.07) is 13.0. The van der Waals surface area contributed by atoms with Crippen LogP contribution in [0.4, 0.5) is 20.5 Å². The zero-order chi connectivity index (χ0) is 26.2. The first-order chi connectivity index (χ1) is 18.0. The van der Waals surface area contributed by atoms with Gasteiger partial charge in [-0.1, -0.05) is 30.3 Å². The minimum atomic E-state index is -0.864. The van der Waals surface area contributed by atoms with E-state index in [-0.39, 0.29) is 28.8 Å². The average Bonchev–Trinajstić information content (AvgIpc) is 3.26. The van der Waals surface area contributed by atoms with Crippen molar-refractivity contribution >= 4 is 11.8 Å². The third-order valence-electron chi connectivity index (χ3n) is 5.51. The summed E-state index contributed by atoms with van der Waals surface area (Å²) in [6.07, 6.45) is 3.47. The van der Waals surface area contributed by atoms with Crippen LogP contribution >= 0.6 is 0 Å². The van der Waals surface area contributed by atoms with E-state index in [2.05, 4.69) is 20.4 Å². The van der Waals surface area contributed by atoms with Crippen molar-refractivity contribution in [1.82, 2.24) is 19.7 Å². The molecule has 0 unspecified atom stereocenters. The Morgan fingerprint density at radius 2 is 1.59 bits per heavy atom. The Bertz CT molecular complexity index is 1290. The lowest BCUT2D eigenvalue weighted by molar-refractivity contribution is 0.122. The Morgan fingerprint density at radius 1 is 0.919 bits per heavy atom. The van der Waals surface area contributed by atoms with Gasteiger partial charge in [-0.25, -0.2) is 18.7 Å². The Kier molecular flexibility index (Phi) is 8.47. The standard InChI is InChI=1S/C26H27F2N5O4/c1-33-18(9-10-36-15-17-7-5-4-6-8-17)11-23(32-33)31-26-29-13-19(14-30-26)37-16-20-24(27)21(34-2)12-22(35-3)25(20)28/h4-8,11-14H,9-10,15-16H2,1-3H3,(H,29,30,31,32). The molecule has 0 spiro atoms. The Balaban J connectivity index is 1.31. The SMILES string of the molecule is COc1cc(OC)c(F)c(COc2cnc(Nc3cc(CCOCc4ccccc4)n(C)n3)nc2)c1F. The van der Waals surface area contributed by atoms with Crippen LogP contribution in [-0.4, -0.2) is 40.6 Å². The predicted molar refractivity (Wildman–Crippen MR) is 132 cm³/mol. The van der Waals surface area contributed by atoms with Crippen molar-refractivity contribution in [2.24, 2.45) is 7.05 Å². The van der Waals surface area contributed by atoms with Gasteiger partial charge in [0, 0.05) is 31.3 Å². The largest absolute Gasteiger partial charge is 0.494 e. The fourth-order valence-corrected chi connectivity index (χ4v) is 3.53. The molecule has 0 atom stereocenters. The van der Waals surface area contributed by atoms with Gasteiger partial charge >= 0.3 is 0 Å². The van der Waals surface area contributed by atoms with Gasteiger partial charge in [-0.3, -0.25) is 4.68 Å². The van der Waals surface area contributed by atoms with Crippen molar-refractivity contribution in [2.45, 2.75) is 19.6 Å². The van der Waals surface area contributed by atoms with Crippen LogP contribution in [0.15, 0.2) is 54.9 Å². The molecule has 37 heavy (non-hydrogen) atoms. The van der Waals surface area contributed by atoms with Crippen LogP contribution in [0.1, 0.15) is 16.8 Å². The minimum Gasteiger partial charge on any atom is -0.494 e. The Labute approximate surface area is 213 Å². The molecule has 0 aliphatic carbocycles. The van der Waals surface area contributed by atoms with Crippen LogP contribution in [0.25, 0.3) is 0 Å². The summed E-state index contributed by atoms with van der Waals surface area (Å²) in [5.41, 5.74) is 1.78. The first-order valence-corrected chi connectivity index (χ1v) is 11.4. The van der Waals surface area contributed by atoms with Crippen molar-refractivity contribution in [3.8, 4) is 17.2 Å². The maximum absolute atomic E-state index is 14.5. The van der Waals surface area contributed by atoms with E-state index >= 15 is 0 Å². The molecule has 4 rings (SSSR count). The average molecular weight is 512 g/mol. The molecule has 194 valence electrons. The van der Waals surface area contributed by atoms with Crippen LogP contribution in [0.5, 0.6) is 17.2 Å². The summed E-state index contributed by atoms with van der Waals surface area (Å²) in [6.45, 7) is 0.699. The smallest absolute Gasteiger partial charge is 0.228 e. The fourth-order valence-electron chi connectivity index (χ4n) is 3.53. The van der Waals surface area contributed by atoms with Gasteiger partial charge in [0.1, 0.15) is 6.61 Å². The number of methoxy groups -OCH3 is 2. The molecule has 0 radical (unpaired) electrons. The van der Waals surface area contributed by atoms with Gasteiger partial charge in [-0.15, -0.1) is 0 Å². The van der Waals surface area contributed by atoms with Crippen molar-refractivity contribution in [3.63, 3.8) is 0 Å². The Hall–Kier alpha value is -4.25. The second-order valence-corrected chi connectivity index (χ2v) is 7.98. The Morgan fingerprint density at radius 3 is 2.24 bits per heavy atom. The molecule has 0 fully saturated rings. The number of benzene rings is 2. The summed E-state index contributed by atoms with van der Waals surface area (Å²) in [4.78, 5) is 8.38. The maximum Gasteiger partial charge on any atom is 0.228 e. The number of rotatable bonds is 12. The van der Waals surface area contributed by atoms with E-state index in [1.54, 1.807) is 4.68 Å². The van der Waals surface area contributed by atoms with Gasteiger partial charge < -0.3 is 24.3 Å². The number of nitrogens with one attached hydrogen (secondary N) is 1. The van der Waals surface area contributed by atoms with Crippen LogP contribution in [-0.2, 0) is 31.4 Å². The number of ether oxygens (including phenoxy) is 4. The maximum atomic E-state index is 14.5. The summed E-state index contributed by atoms with van der Waals surface area (Å²) in [5.74, 6) is -0.939. The zero-order valence-corrected chi connectivity index (χ0v) is 20.7. The summed E-state index contributed by atoms with van der Waals surface area (Å²) >= 11 is 0. The molecule has 11 heteroatoms. The van der Waals surface area contributed by atoms with E-state index in [0.29, 0.717) is 25.5 Å². The third kappa shape index (κ3) is 6.50. The van der Waals surface area contributed by atoms with E-state index in [0.717, 1.165) is 17.3 Å². The lowest BCUT2D eigenvalue weighted by Gasteiger charge is -2.13. The lowest BCUT2D eigenvalue weighted by atomic mass is 10.1. The lowest BCUT2D eigenvalue weighted by Crippen LogP contribution is -2.06. The van der Waals surface area contributed by atoms with E-state index in [1.165, 1.54) is 26.6 Å². The fraction of sp³-hybridized carbons (Fsp3) is 0.269. The number of anilines is 2. The predicted octanol–water partition coefficient (Wildman–Crippen LogP) is 4.59. The molecule has 1 N–H and O–H groups in total. The topological polar surface area (TPSA) is 92.6 Å². The number of hydrogen-bond donors (Lipinski definition) is 1. The molecule has 4 aromatic rings. The second-order valence-electron chi connectivity index (χ2n) is 7.98. The molecular weight excluding hydrogens is 484 g/mol. The molecule has 0 bridgehead atoms. The van der Waals surface area contributed by atoms with Gasteiger partial charge in [-0.2, -0.15) is 5.10 Å².